The van der Waals surface area contributed by atoms with Crippen molar-refractivity contribution in [2.45, 2.75) is 39.0 Å². The SMILES string of the molecule is CC1C=CC2=C(C=CC3(O2)N(c2ccccc2)C(=S)OC3(C)C)C1C. The van der Waals surface area contributed by atoms with E-state index in [4.69, 9.17) is 21.7 Å². The fourth-order valence-electron chi connectivity index (χ4n) is 3.80. The van der Waals surface area contributed by atoms with E-state index in [1.807, 2.05) is 49.1 Å². The Morgan fingerprint density at radius 2 is 1.76 bits per heavy atom. The first kappa shape index (κ1) is 16.4. The van der Waals surface area contributed by atoms with Gasteiger partial charge in [-0.15, -0.1) is 0 Å². The van der Waals surface area contributed by atoms with Crippen LogP contribution in [-0.2, 0) is 9.47 Å². The van der Waals surface area contributed by atoms with Crippen LogP contribution < -0.4 is 4.90 Å². The maximum absolute atomic E-state index is 6.63. The molecule has 3 atom stereocenters. The topological polar surface area (TPSA) is 21.7 Å². The number of allylic oxidation sites excluding steroid dienone is 4. The molecule has 0 aromatic heterocycles. The Balaban J connectivity index is 1.82. The Labute approximate surface area is 154 Å². The van der Waals surface area contributed by atoms with Gasteiger partial charge in [0.1, 0.15) is 5.76 Å². The van der Waals surface area contributed by atoms with Gasteiger partial charge in [-0.2, -0.15) is 0 Å². The molecule has 25 heavy (non-hydrogen) atoms. The summed E-state index contributed by atoms with van der Waals surface area (Å²) in [5, 5.41) is 0.436. The zero-order valence-corrected chi connectivity index (χ0v) is 15.8. The number of hydrogen-bond donors (Lipinski definition) is 0. The molecule has 130 valence electrons. The molecule has 3 aliphatic rings. The van der Waals surface area contributed by atoms with Crippen LogP contribution in [-0.4, -0.2) is 16.5 Å². The summed E-state index contributed by atoms with van der Waals surface area (Å²) in [6.45, 7) is 8.52. The van der Waals surface area contributed by atoms with Crippen LogP contribution >= 0.6 is 12.2 Å². The Bertz CT molecular complexity index is 808. The first-order valence-electron chi connectivity index (χ1n) is 8.74. The summed E-state index contributed by atoms with van der Waals surface area (Å²) in [5.74, 6) is 1.84. The van der Waals surface area contributed by atoms with Crippen LogP contribution in [0.1, 0.15) is 27.7 Å². The van der Waals surface area contributed by atoms with Gasteiger partial charge in [-0.25, -0.2) is 0 Å². The number of ether oxygens (including phenoxy) is 2. The third kappa shape index (κ3) is 2.27. The maximum atomic E-state index is 6.63. The van der Waals surface area contributed by atoms with E-state index in [0.717, 1.165) is 11.4 Å². The van der Waals surface area contributed by atoms with Gasteiger partial charge in [0, 0.05) is 5.69 Å². The average molecular weight is 353 g/mol. The van der Waals surface area contributed by atoms with Crippen LogP contribution in [0.25, 0.3) is 0 Å². The highest BCUT2D eigenvalue weighted by Crippen LogP contribution is 2.49. The summed E-state index contributed by atoms with van der Waals surface area (Å²) < 4.78 is 12.7. The van der Waals surface area contributed by atoms with Gasteiger partial charge in [-0.05, 0) is 67.8 Å². The van der Waals surface area contributed by atoms with Crippen molar-refractivity contribution < 1.29 is 9.47 Å². The third-order valence-corrected chi connectivity index (χ3v) is 5.87. The van der Waals surface area contributed by atoms with Crippen molar-refractivity contribution in [3.8, 4) is 0 Å². The number of thiocarbonyl (C=S) groups is 1. The summed E-state index contributed by atoms with van der Waals surface area (Å²) in [5.41, 5.74) is 0.791. The first-order valence-corrected chi connectivity index (χ1v) is 9.15. The lowest BCUT2D eigenvalue weighted by Crippen LogP contribution is -2.57. The van der Waals surface area contributed by atoms with E-state index in [1.165, 1.54) is 5.57 Å². The maximum Gasteiger partial charge on any atom is 0.268 e. The molecule has 1 aromatic rings. The van der Waals surface area contributed by atoms with Crippen molar-refractivity contribution in [3.05, 3.63) is 66.0 Å². The molecule has 0 N–H and O–H groups in total. The zero-order chi connectivity index (χ0) is 17.8. The molecule has 0 bridgehead atoms. The van der Waals surface area contributed by atoms with Crippen LogP contribution in [0.5, 0.6) is 0 Å². The number of rotatable bonds is 1. The molecule has 3 unspecified atom stereocenters. The van der Waals surface area contributed by atoms with E-state index >= 15 is 0 Å². The smallest absolute Gasteiger partial charge is 0.268 e. The number of nitrogens with zero attached hydrogens (tertiary/aromatic N) is 1. The molecule has 1 aliphatic carbocycles. The highest BCUT2D eigenvalue weighted by molar-refractivity contribution is 7.80. The molecule has 0 saturated carbocycles. The van der Waals surface area contributed by atoms with Gasteiger partial charge in [-0.1, -0.05) is 44.2 Å². The minimum Gasteiger partial charge on any atom is -0.459 e. The number of para-hydroxylation sites is 1. The molecule has 1 aromatic carbocycles. The molecule has 2 heterocycles. The van der Waals surface area contributed by atoms with E-state index in [2.05, 4.69) is 38.2 Å². The summed E-state index contributed by atoms with van der Waals surface area (Å²) >= 11 is 5.57. The Morgan fingerprint density at radius 1 is 1.04 bits per heavy atom. The van der Waals surface area contributed by atoms with Crippen molar-refractivity contribution in [2.24, 2.45) is 11.8 Å². The van der Waals surface area contributed by atoms with Crippen LogP contribution in [0.15, 0.2) is 66.0 Å². The fraction of sp³-hybridized carbons (Fsp3) is 0.381. The van der Waals surface area contributed by atoms with Crippen LogP contribution in [0, 0.1) is 11.8 Å². The summed E-state index contributed by atoms with van der Waals surface area (Å²) in [6, 6.07) is 10.0. The number of benzene rings is 1. The lowest BCUT2D eigenvalue weighted by atomic mass is 9.81. The van der Waals surface area contributed by atoms with E-state index in [9.17, 15) is 0 Å². The monoisotopic (exact) mass is 353 g/mol. The molecule has 4 heteroatoms. The zero-order valence-electron chi connectivity index (χ0n) is 15.0. The average Bonchev–Trinajstić information content (AvgIpc) is 2.77. The molecule has 4 rings (SSSR count). The molecule has 0 radical (unpaired) electrons. The van der Waals surface area contributed by atoms with Gasteiger partial charge >= 0.3 is 0 Å². The largest absolute Gasteiger partial charge is 0.459 e. The molecule has 2 aliphatic heterocycles. The van der Waals surface area contributed by atoms with Gasteiger partial charge in [0.2, 0.25) is 5.72 Å². The summed E-state index contributed by atoms with van der Waals surface area (Å²) in [6.07, 6.45) is 8.61. The Hall–Kier alpha value is -2.07. The second kappa shape index (κ2) is 5.46. The molecule has 1 saturated heterocycles. The van der Waals surface area contributed by atoms with Gasteiger partial charge in [0.05, 0.1) is 0 Å². The van der Waals surface area contributed by atoms with Crippen LogP contribution in [0.4, 0.5) is 5.69 Å². The minimum absolute atomic E-state index is 0.427. The number of hydrogen-bond acceptors (Lipinski definition) is 3. The van der Waals surface area contributed by atoms with Crippen LogP contribution in [0.2, 0.25) is 0 Å². The standard InChI is InChI=1S/C21H23NO2S/c1-14-10-11-18-17(15(14)2)12-13-21(23-18)20(3,4)24-19(25)22(21)16-8-6-5-7-9-16/h5-15H,1-4H3. The van der Waals surface area contributed by atoms with E-state index in [1.54, 1.807) is 0 Å². The summed E-state index contributed by atoms with van der Waals surface area (Å²) in [7, 11) is 0. The van der Waals surface area contributed by atoms with Crippen molar-refractivity contribution in [1.82, 2.24) is 0 Å². The third-order valence-electron chi connectivity index (χ3n) is 5.60. The van der Waals surface area contributed by atoms with E-state index in [0.29, 0.717) is 17.0 Å². The molecular formula is C21H23NO2S. The number of anilines is 1. The quantitative estimate of drug-likeness (QED) is 0.665. The lowest BCUT2D eigenvalue weighted by molar-refractivity contribution is -0.0677. The molecule has 0 amide bonds. The van der Waals surface area contributed by atoms with Gasteiger partial charge in [-0.3, -0.25) is 4.90 Å². The molecular weight excluding hydrogens is 330 g/mol. The predicted molar refractivity (Wildman–Crippen MR) is 104 cm³/mol. The van der Waals surface area contributed by atoms with Crippen molar-refractivity contribution in [1.29, 1.82) is 0 Å². The first-order chi connectivity index (χ1) is 11.9. The lowest BCUT2D eigenvalue weighted by Gasteiger charge is -2.44. The van der Waals surface area contributed by atoms with Crippen molar-refractivity contribution in [2.75, 3.05) is 4.90 Å². The van der Waals surface area contributed by atoms with E-state index < -0.39 is 11.3 Å². The van der Waals surface area contributed by atoms with Crippen LogP contribution in [0.3, 0.4) is 0 Å². The van der Waals surface area contributed by atoms with Gasteiger partial charge in [0.15, 0.2) is 5.60 Å². The van der Waals surface area contributed by atoms with Crippen molar-refractivity contribution in [3.63, 3.8) is 0 Å². The van der Waals surface area contributed by atoms with Crippen molar-refractivity contribution >= 4 is 23.1 Å². The molecule has 3 nitrogen and oxygen atoms in total. The molecule has 1 fully saturated rings. The minimum atomic E-state index is -0.797. The normalized spacial score (nSPS) is 32.6. The fourth-order valence-corrected chi connectivity index (χ4v) is 4.25. The summed E-state index contributed by atoms with van der Waals surface area (Å²) in [4.78, 5) is 1.99. The van der Waals surface area contributed by atoms with Gasteiger partial charge < -0.3 is 9.47 Å². The Morgan fingerprint density at radius 3 is 2.48 bits per heavy atom. The second-order valence-corrected chi connectivity index (χ2v) is 7.86. The highest BCUT2D eigenvalue weighted by Gasteiger charge is 2.61. The van der Waals surface area contributed by atoms with Gasteiger partial charge in [0.25, 0.3) is 5.17 Å². The predicted octanol–water partition coefficient (Wildman–Crippen LogP) is 4.97. The second-order valence-electron chi connectivity index (χ2n) is 7.51. The van der Waals surface area contributed by atoms with E-state index in [-0.39, 0.29) is 0 Å². The Kier molecular flexibility index (Phi) is 3.58. The molecule has 1 spiro atoms. The highest BCUT2D eigenvalue weighted by atomic mass is 32.1.